The fourth-order valence-electron chi connectivity index (χ4n) is 2.54. The number of nitrogens with zero attached hydrogens (tertiary/aromatic N) is 4. The molecule has 0 fully saturated rings. The summed E-state index contributed by atoms with van der Waals surface area (Å²) < 4.78 is 27.2. The van der Waals surface area contributed by atoms with Crippen LogP contribution in [0.1, 0.15) is 17.2 Å². The highest BCUT2D eigenvalue weighted by Gasteiger charge is 2.11. The molecule has 2 heterocycles. The van der Waals surface area contributed by atoms with Crippen molar-refractivity contribution in [1.29, 1.82) is 0 Å². The molecule has 1 aromatic carbocycles. The molecule has 132 valence electrons. The van der Waals surface area contributed by atoms with Gasteiger partial charge in [0, 0.05) is 18.4 Å². The van der Waals surface area contributed by atoms with E-state index in [1.165, 1.54) is 11.8 Å². The number of nitrogens with one attached hydrogen (secondary N) is 1. The number of hydrogen-bond acceptors (Lipinski definition) is 6. The summed E-state index contributed by atoms with van der Waals surface area (Å²) in [6.07, 6.45) is 1.13. The van der Waals surface area contributed by atoms with Crippen molar-refractivity contribution in [1.82, 2.24) is 19.5 Å². The van der Waals surface area contributed by atoms with Crippen LogP contribution in [0.25, 0.3) is 11.0 Å². The quantitative estimate of drug-likeness (QED) is 0.543. The maximum Gasteiger partial charge on any atom is 0.229 e. The number of benzene rings is 1. The lowest BCUT2D eigenvalue weighted by Crippen LogP contribution is -2.09. The highest BCUT2D eigenvalue weighted by atomic mass is 32.2. The van der Waals surface area contributed by atoms with Crippen LogP contribution in [0, 0.1) is 13.8 Å². The predicted octanol–water partition coefficient (Wildman–Crippen LogP) is 2.64. The van der Waals surface area contributed by atoms with Crippen LogP contribution >= 0.6 is 11.8 Å². The van der Waals surface area contributed by atoms with E-state index in [1.807, 2.05) is 37.6 Å². The summed E-state index contributed by atoms with van der Waals surface area (Å²) in [6.45, 7) is 3.90. The molecule has 0 saturated carbocycles. The van der Waals surface area contributed by atoms with Crippen molar-refractivity contribution in [3.05, 3.63) is 41.5 Å². The van der Waals surface area contributed by atoms with Crippen molar-refractivity contribution in [2.24, 2.45) is 7.05 Å². The number of fused-ring (bicyclic) bond motifs is 1. The minimum absolute atomic E-state index is 0.505. The highest BCUT2D eigenvalue weighted by molar-refractivity contribution is 7.98. The second-order valence-corrected chi connectivity index (χ2v) is 8.58. The molecular weight excluding hydrogens is 358 g/mol. The molecule has 0 aliphatic heterocycles. The maximum atomic E-state index is 11.4. The largest absolute Gasteiger partial charge is 0.330 e. The van der Waals surface area contributed by atoms with E-state index in [-0.39, 0.29) is 0 Å². The number of aromatic nitrogens is 4. The van der Waals surface area contributed by atoms with E-state index in [9.17, 15) is 8.42 Å². The summed E-state index contributed by atoms with van der Waals surface area (Å²) in [5.74, 6) is 1.50. The van der Waals surface area contributed by atoms with Crippen molar-refractivity contribution < 1.29 is 8.42 Å². The molecule has 2 aromatic heterocycles. The molecular formula is C16H19N5O2S2. The molecule has 0 atom stereocenters. The second kappa shape index (κ2) is 6.64. The van der Waals surface area contributed by atoms with Gasteiger partial charge in [0.05, 0.1) is 28.7 Å². The zero-order valence-electron chi connectivity index (χ0n) is 14.4. The molecule has 0 amide bonds. The topological polar surface area (TPSA) is 89.8 Å². The van der Waals surface area contributed by atoms with Gasteiger partial charge in [0.1, 0.15) is 5.82 Å². The minimum Gasteiger partial charge on any atom is -0.330 e. The predicted molar refractivity (Wildman–Crippen MR) is 100 cm³/mol. The molecule has 0 radical (unpaired) electrons. The number of aryl methyl sites for hydroxylation is 3. The lowest BCUT2D eigenvalue weighted by atomic mass is 10.3. The second-order valence-electron chi connectivity index (χ2n) is 5.89. The molecule has 9 heteroatoms. The van der Waals surface area contributed by atoms with Crippen LogP contribution in [0.15, 0.2) is 29.4 Å². The van der Waals surface area contributed by atoms with Gasteiger partial charge in [0.25, 0.3) is 0 Å². The zero-order valence-corrected chi connectivity index (χ0v) is 16.1. The Morgan fingerprint density at radius 1 is 1.12 bits per heavy atom. The van der Waals surface area contributed by atoms with Crippen LogP contribution in [0.4, 0.5) is 5.69 Å². The Balaban J connectivity index is 1.85. The minimum atomic E-state index is -3.31. The van der Waals surface area contributed by atoms with E-state index in [0.29, 0.717) is 11.4 Å². The maximum absolute atomic E-state index is 11.4. The molecule has 0 aliphatic rings. The first-order valence-electron chi connectivity index (χ1n) is 7.59. The van der Waals surface area contributed by atoms with Gasteiger partial charge in [-0.25, -0.2) is 23.4 Å². The van der Waals surface area contributed by atoms with Gasteiger partial charge in [-0.3, -0.25) is 4.72 Å². The Hall–Kier alpha value is -2.13. The van der Waals surface area contributed by atoms with Crippen LogP contribution in [0.2, 0.25) is 0 Å². The monoisotopic (exact) mass is 377 g/mol. The Morgan fingerprint density at radius 2 is 1.80 bits per heavy atom. The van der Waals surface area contributed by atoms with E-state index in [1.54, 1.807) is 12.1 Å². The fourth-order valence-corrected chi connectivity index (χ4v) is 4.03. The van der Waals surface area contributed by atoms with Crippen LogP contribution in [-0.4, -0.2) is 34.2 Å². The lowest BCUT2D eigenvalue weighted by Gasteiger charge is -2.04. The molecule has 3 aromatic rings. The SMILES string of the molecule is Cc1cc(C)nc(SCc2nc3cc(NS(C)(=O)=O)ccc3n2C)n1. The average Bonchev–Trinajstić information content (AvgIpc) is 2.78. The Morgan fingerprint density at radius 3 is 2.44 bits per heavy atom. The normalized spacial score (nSPS) is 11.8. The van der Waals surface area contributed by atoms with Crippen LogP contribution in [0.5, 0.6) is 0 Å². The first kappa shape index (κ1) is 17.7. The molecule has 0 unspecified atom stereocenters. The van der Waals surface area contributed by atoms with Crippen LogP contribution in [0.3, 0.4) is 0 Å². The molecule has 0 bridgehead atoms. The molecule has 0 spiro atoms. The third-order valence-corrected chi connectivity index (χ3v) is 5.02. The smallest absolute Gasteiger partial charge is 0.229 e. The summed E-state index contributed by atoms with van der Waals surface area (Å²) in [7, 11) is -1.37. The van der Waals surface area contributed by atoms with Gasteiger partial charge in [-0.05, 0) is 38.1 Å². The third-order valence-electron chi connectivity index (χ3n) is 3.57. The number of rotatable bonds is 5. The number of hydrogen-bond donors (Lipinski definition) is 1. The summed E-state index contributed by atoms with van der Waals surface area (Å²) in [4.78, 5) is 13.5. The fraction of sp³-hybridized carbons (Fsp3) is 0.312. The van der Waals surface area contributed by atoms with Crippen molar-refractivity contribution in [2.75, 3.05) is 11.0 Å². The Kier molecular flexibility index (Phi) is 4.70. The van der Waals surface area contributed by atoms with Crippen LogP contribution < -0.4 is 4.72 Å². The first-order chi connectivity index (χ1) is 11.7. The summed E-state index contributed by atoms with van der Waals surface area (Å²) in [5.41, 5.74) is 4.07. The Labute approximate surface area is 151 Å². The number of anilines is 1. The lowest BCUT2D eigenvalue weighted by molar-refractivity contribution is 0.607. The van der Waals surface area contributed by atoms with Crippen molar-refractivity contribution in [3.8, 4) is 0 Å². The van der Waals surface area contributed by atoms with Gasteiger partial charge in [0.15, 0.2) is 5.16 Å². The molecule has 3 rings (SSSR count). The van der Waals surface area contributed by atoms with Crippen molar-refractivity contribution in [3.63, 3.8) is 0 Å². The van der Waals surface area contributed by atoms with E-state index in [4.69, 9.17) is 0 Å². The van der Waals surface area contributed by atoms with Gasteiger partial charge in [-0.2, -0.15) is 0 Å². The summed E-state index contributed by atoms with van der Waals surface area (Å²) in [5, 5.41) is 0.726. The molecule has 1 N–H and O–H groups in total. The zero-order chi connectivity index (χ0) is 18.2. The van der Waals surface area contributed by atoms with Gasteiger partial charge in [0.2, 0.25) is 10.0 Å². The van der Waals surface area contributed by atoms with Gasteiger partial charge >= 0.3 is 0 Å². The molecule has 0 aliphatic carbocycles. The molecule has 0 saturated heterocycles. The van der Waals surface area contributed by atoms with Gasteiger partial charge < -0.3 is 4.57 Å². The van der Waals surface area contributed by atoms with E-state index < -0.39 is 10.0 Å². The van der Waals surface area contributed by atoms with E-state index >= 15 is 0 Å². The van der Waals surface area contributed by atoms with E-state index in [2.05, 4.69) is 19.7 Å². The highest BCUT2D eigenvalue weighted by Crippen LogP contribution is 2.24. The summed E-state index contributed by atoms with van der Waals surface area (Å²) >= 11 is 1.53. The number of imidazole rings is 1. The average molecular weight is 377 g/mol. The summed E-state index contributed by atoms with van der Waals surface area (Å²) in [6, 6.07) is 7.26. The molecule has 25 heavy (non-hydrogen) atoms. The number of sulfonamides is 1. The Bertz CT molecular complexity index is 1020. The van der Waals surface area contributed by atoms with Gasteiger partial charge in [-0.1, -0.05) is 11.8 Å². The van der Waals surface area contributed by atoms with Crippen molar-refractivity contribution >= 4 is 38.5 Å². The van der Waals surface area contributed by atoms with Crippen LogP contribution in [-0.2, 0) is 22.8 Å². The molecule has 7 nitrogen and oxygen atoms in total. The standard InChI is InChI=1S/C16H19N5O2S2/c1-10-7-11(2)18-16(17-10)24-9-15-19-13-8-12(20-25(4,22)23)5-6-14(13)21(15)3/h5-8,20H,9H2,1-4H3. The third kappa shape index (κ3) is 4.29. The van der Waals surface area contributed by atoms with Gasteiger partial charge in [-0.15, -0.1) is 0 Å². The van der Waals surface area contributed by atoms with Crippen molar-refractivity contribution in [2.45, 2.75) is 24.8 Å². The first-order valence-corrected chi connectivity index (χ1v) is 10.5. The van der Waals surface area contributed by atoms with E-state index in [0.717, 1.165) is 39.7 Å². The number of thioether (sulfide) groups is 1.